The minimum absolute atomic E-state index is 0.520. The number of nitrogen functional groups attached to an aromatic ring is 2. The fourth-order valence-electron chi connectivity index (χ4n) is 5.41. The molecule has 4 nitrogen and oxygen atoms in total. The smallest absolute Gasteiger partial charge is 0.132 e. The van der Waals surface area contributed by atoms with Crippen molar-refractivity contribution < 1.29 is 9.47 Å². The van der Waals surface area contributed by atoms with Crippen molar-refractivity contribution in [1.82, 2.24) is 0 Å². The van der Waals surface area contributed by atoms with Gasteiger partial charge in [0.25, 0.3) is 0 Å². The molecule has 0 spiro atoms. The van der Waals surface area contributed by atoms with Gasteiger partial charge < -0.3 is 20.9 Å². The minimum atomic E-state index is -0.520. The Balaban J connectivity index is 1.60. The first-order valence-electron chi connectivity index (χ1n) is 13.0. The van der Waals surface area contributed by atoms with Crippen molar-refractivity contribution >= 4 is 32.9 Å². The van der Waals surface area contributed by atoms with Gasteiger partial charge in [-0.05, 0) is 82.2 Å². The summed E-state index contributed by atoms with van der Waals surface area (Å²) in [5.41, 5.74) is 14.9. The number of ether oxygens (including phenoxy) is 2. The zero-order valence-corrected chi connectivity index (χ0v) is 22.0. The largest absolute Gasteiger partial charge is 0.457 e. The minimum Gasteiger partial charge on any atom is -0.457 e. The fraction of sp³-hybridized carbons (Fsp3) is 0.0857. The summed E-state index contributed by atoms with van der Waals surface area (Å²) in [4.78, 5) is 0. The molecule has 0 atom stereocenters. The summed E-state index contributed by atoms with van der Waals surface area (Å²) in [6.45, 7) is 4.48. The zero-order valence-electron chi connectivity index (χ0n) is 22.0. The molecule has 6 rings (SSSR count). The second-order valence-corrected chi connectivity index (χ2v) is 10.3. The highest BCUT2D eigenvalue weighted by Crippen LogP contribution is 2.49. The summed E-state index contributed by atoms with van der Waals surface area (Å²) < 4.78 is 13.1. The van der Waals surface area contributed by atoms with Crippen LogP contribution in [0, 0.1) is 0 Å². The third-order valence-electron chi connectivity index (χ3n) is 7.25. The quantitative estimate of drug-likeness (QED) is 0.219. The van der Waals surface area contributed by atoms with Crippen LogP contribution in [0.3, 0.4) is 0 Å². The van der Waals surface area contributed by atoms with Gasteiger partial charge in [0.1, 0.15) is 23.0 Å². The van der Waals surface area contributed by atoms with Crippen molar-refractivity contribution in [2.45, 2.75) is 19.3 Å². The number of hydrogen-bond donors (Lipinski definition) is 2. The fourth-order valence-corrected chi connectivity index (χ4v) is 5.41. The van der Waals surface area contributed by atoms with E-state index in [1.807, 2.05) is 48.5 Å². The number of benzene rings is 6. The molecule has 0 unspecified atom stereocenters. The maximum atomic E-state index is 6.55. The van der Waals surface area contributed by atoms with Gasteiger partial charge in [0.15, 0.2) is 0 Å². The predicted molar refractivity (Wildman–Crippen MR) is 162 cm³/mol. The van der Waals surface area contributed by atoms with Crippen molar-refractivity contribution in [1.29, 1.82) is 0 Å². The Kier molecular flexibility index (Phi) is 6.08. The summed E-state index contributed by atoms with van der Waals surface area (Å²) in [5.74, 6) is 3.03. The van der Waals surface area contributed by atoms with Crippen LogP contribution in [0.4, 0.5) is 11.4 Å². The third-order valence-corrected chi connectivity index (χ3v) is 7.25. The van der Waals surface area contributed by atoms with Crippen molar-refractivity contribution in [2.24, 2.45) is 0 Å². The summed E-state index contributed by atoms with van der Waals surface area (Å²) in [6, 6.07) is 40.2. The Hall–Kier alpha value is -4.96. The van der Waals surface area contributed by atoms with Gasteiger partial charge in [0.2, 0.25) is 0 Å². The lowest BCUT2D eigenvalue weighted by Crippen LogP contribution is -2.22. The standard InChI is InChI=1S/C35H30N2O2/c1-35(2,33-29-9-5-3-7-23(29)11-21-31(33)38-27-17-13-25(36)14-18-27)34-30-10-6-4-8-24(30)12-22-32(34)39-28-19-15-26(37)16-20-28/h3-22H,36-37H2,1-2H3. The molecule has 0 radical (unpaired) electrons. The molecule has 0 saturated heterocycles. The Labute approximate surface area is 228 Å². The Morgan fingerprint density at radius 2 is 0.846 bits per heavy atom. The van der Waals surface area contributed by atoms with Gasteiger partial charge in [-0.3, -0.25) is 0 Å². The number of rotatable bonds is 6. The molecule has 0 bridgehead atoms. The molecule has 0 fully saturated rings. The van der Waals surface area contributed by atoms with Crippen LogP contribution in [0.2, 0.25) is 0 Å². The highest BCUT2D eigenvalue weighted by molar-refractivity contribution is 5.94. The topological polar surface area (TPSA) is 70.5 Å². The normalized spacial score (nSPS) is 11.5. The lowest BCUT2D eigenvalue weighted by atomic mass is 9.73. The number of anilines is 2. The molecule has 0 aliphatic rings. The maximum absolute atomic E-state index is 6.55. The van der Waals surface area contributed by atoms with Crippen molar-refractivity contribution in [2.75, 3.05) is 11.5 Å². The lowest BCUT2D eigenvalue weighted by molar-refractivity contribution is 0.448. The molecule has 0 saturated carbocycles. The van der Waals surface area contributed by atoms with Crippen LogP contribution in [0.25, 0.3) is 21.5 Å². The highest BCUT2D eigenvalue weighted by Gasteiger charge is 2.34. The van der Waals surface area contributed by atoms with Crippen LogP contribution in [0.1, 0.15) is 25.0 Å². The van der Waals surface area contributed by atoms with E-state index in [-0.39, 0.29) is 0 Å². The molecule has 0 heterocycles. The highest BCUT2D eigenvalue weighted by atomic mass is 16.5. The number of nitrogens with two attached hydrogens (primary N) is 2. The van der Waals surface area contributed by atoms with Crippen LogP contribution in [0.15, 0.2) is 121 Å². The molecule has 0 aromatic heterocycles. The molecular weight excluding hydrogens is 480 g/mol. The van der Waals surface area contributed by atoms with Crippen LogP contribution in [-0.4, -0.2) is 0 Å². The molecule has 0 aliphatic heterocycles. The van der Waals surface area contributed by atoms with Gasteiger partial charge in [0, 0.05) is 27.9 Å². The van der Waals surface area contributed by atoms with E-state index in [9.17, 15) is 0 Å². The molecule has 6 aromatic carbocycles. The van der Waals surface area contributed by atoms with Gasteiger partial charge in [-0.2, -0.15) is 0 Å². The summed E-state index contributed by atoms with van der Waals surface area (Å²) in [5, 5.41) is 4.54. The molecule has 4 N–H and O–H groups in total. The van der Waals surface area contributed by atoms with E-state index < -0.39 is 5.41 Å². The first-order valence-corrected chi connectivity index (χ1v) is 13.0. The number of fused-ring (bicyclic) bond motifs is 2. The maximum Gasteiger partial charge on any atom is 0.132 e. The van der Waals surface area contributed by atoms with Crippen molar-refractivity contribution in [3.63, 3.8) is 0 Å². The van der Waals surface area contributed by atoms with Crippen LogP contribution in [0.5, 0.6) is 23.0 Å². The predicted octanol–water partition coefficient (Wildman–Crippen LogP) is 9.07. The first-order chi connectivity index (χ1) is 18.9. The molecular formula is C35H30N2O2. The average Bonchev–Trinajstić information content (AvgIpc) is 2.95. The second-order valence-electron chi connectivity index (χ2n) is 10.3. The second kappa shape index (κ2) is 9.73. The van der Waals surface area contributed by atoms with E-state index in [2.05, 4.69) is 86.6 Å². The van der Waals surface area contributed by atoms with Gasteiger partial charge in [-0.1, -0.05) is 74.5 Å². The Morgan fingerprint density at radius 1 is 0.462 bits per heavy atom. The third kappa shape index (κ3) is 4.62. The average molecular weight is 511 g/mol. The first kappa shape index (κ1) is 24.4. The number of hydrogen-bond acceptors (Lipinski definition) is 4. The van der Waals surface area contributed by atoms with E-state index in [0.29, 0.717) is 11.4 Å². The summed E-state index contributed by atoms with van der Waals surface area (Å²) >= 11 is 0. The SMILES string of the molecule is CC(C)(c1c(Oc2ccc(N)cc2)ccc2ccccc12)c1c(Oc2ccc(N)cc2)ccc2ccccc12. The van der Waals surface area contributed by atoms with E-state index in [4.69, 9.17) is 20.9 Å². The summed E-state index contributed by atoms with van der Waals surface area (Å²) in [7, 11) is 0. The van der Waals surface area contributed by atoms with Crippen LogP contribution < -0.4 is 20.9 Å². The van der Waals surface area contributed by atoms with Crippen LogP contribution >= 0.6 is 0 Å². The molecule has 0 aliphatic carbocycles. The van der Waals surface area contributed by atoms with Gasteiger partial charge in [-0.25, -0.2) is 0 Å². The van der Waals surface area contributed by atoms with E-state index in [0.717, 1.165) is 55.7 Å². The Morgan fingerprint density at radius 3 is 1.26 bits per heavy atom. The van der Waals surface area contributed by atoms with E-state index in [1.54, 1.807) is 0 Å². The van der Waals surface area contributed by atoms with Crippen molar-refractivity contribution in [3.8, 4) is 23.0 Å². The summed E-state index contributed by atoms with van der Waals surface area (Å²) in [6.07, 6.45) is 0. The van der Waals surface area contributed by atoms with Crippen LogP contribution in [-0.2, 0) is 5.41 Å². The van der Waals surface area contributed by atoms with Gasteiger partial charge >= 0.3 is 0 Å². The van der Waals surface area contributed by atoms with Gasteiger partial charge in [0.05, 0.1) is 0 Å². The van der Waals surface area contributed by atoms with E-state index >= 15 is 0 Å². The monoisotopic (exact) mass is 510 g/mol. The van der Waals surface area contributed by atoms with E-state index in [1.165, 1.54) is 0 Å². The zero-order chi connectivity index (χ0) is 27.0. The lowest BCUT2D eigenvalue weighted by Gasteiger charge is -2.32. The van der Waals surface area contributed by atoms with Crippen molar-refractivity contribution in [3.05, 3.63) is 132 Å². The molecule has 4 heteroatoms. The molecule has 6 aromatic rings. The van der Waals surface area contributed by atoms with Gasteiger partial charge in [-0.15, -0.1) is 0 Å². The molecule has 192 valence electrons. The molecule has 39 heavy (non-hydrogen) atoms. The molecule has 0 amide bonds. The Bertz CT molecular complexity index is 1660.